The van der Waals surface area contributed by atoms with Crippen LogP contribution in [0.3, 0.4) is 0 Å². The number of halogens is 1. The fourth-order valence-corrected chi connectivity index (χ4v) is 1.96. The van der Waals surface area contributed by atoms with E-state index in [0.717, 1.165) is 0 Å². The first kappa shape index (κ1) is 14.9. The molecule has 0 saturated heterocycles. The van der Waals surface area contributed by atoms with E-state index < -0.39 is 0 Å². The van der Waals surface area contributed by atoms with Crippen molar-refractivity contribution in [3.63, 3.8) is 0 Å². The first-order valence-electron chi connectivity index (χ1n) is 6.09. The number of phenolic OH excluding ortho intramolecular Hbond substituents is 2. The van der Waals surface area contributed by atoms with Gasteiger partial charge in [-0.2, -0.15) is 0 Å². The zero-order valence-corrected chi connectivity index (χ0v) is 12.0. The lowest BCUT2D eigenvalue weighted by Crippen LogP contribution is -1.94. The molecule has 0 amide bonds. The van der Waals surface area contributed by atoms with Gasteiger partial charge in [-0.3, -0.25) is 4.79 Å². The molecule has 0 aliphatic carbocycles. The summed E-state index contributed by atoms with van der Waals surface area (Å²) in [6.07, 6.45) is 2.89. The minimum atomic E-state index is -0.267. The van der Waals surface area contributed by atoms with Crippen molar-refractivity contribution in [2.45, 2.75) is 0 Å². The Labute approximate surface area is 126 Å². The maximum Gasteiger partial charge on any atom is 0.185 e. The zero-order chi connectivity index (χ0) is 15.4. The normalized spacial score (nSPS) is 10.8. The lowest BCUT2D eigenvalue weighted by Gasteiger charge is -2.06. The van der Waals surface area contributed by atoms with Gasteiger partial charge in [0.05, 0.1) is 12.1 Å². The molecule has 2 N–H and O–H groups in total. The van der Waals surface area contributed by atoms with Crippen LogP contribution >= 0.6 is 11.6 Å². The van der Waals surface area contributed by atoms with Gasteiger partial charge in [-0.25, -0.2) is 0 Å². The number of allylic oxidation sites excluding steroid dienone is 1. The Kier molecular flexibility index (Phi) is 4.50. The molecule has 2 rings (SSSR count). The average Bonchev–Trinajstić information content (AvgIpc) is 2.47. The van der Waals surface area contributed by atoms with Crippen LogP contribution < -0.4 is 4.74 Å². The lowest BCUT2D eigenvalue weighted by molar-refractivity contribution is 0.104. The maximum atomic E-state index is 12.0. The van der Waals surface area contributed by atoms with Gasteiger partial charge in [0.2, 0.25) is 0 Å². The van der Waals surface area contributed by atoms with Crippen LogP contribution in [-0.2, 0) is 0 Å². The summed E-state index contributed by atoms with van der Waals surface area (Å²) in [6, 6.07) is 8.95. The molecule has 0 heterocycles. The van der Waals surface area contributed by atoms with Crippen molar-refractivity contribution in [3.8, 4) is 17.2 Å². The van der Waals surface area contributed by atoms with Gasteiger partial charge in [-0.15, -0.1) is 0 Å². The van der Waals surface area contributed by atoms with E-state index in [4.69, 9.17) is 16.3 Å². The molecule has 0 radical (unpaired) electrons. The van der Waals surface area contributed by atoms with Crippen molar-refractivity contribution in [1.82, 2.24) is 0 Å². The first-order chi connectivity index (χ1) is 10.0. The van der Waals surface area contributed by atoms with Gasteiger partial charge in [-0.05, 0) is 30.4 Å². The van der Waals surface area contributed by atoms with Crippen LogP contribution in [0.15, 0.2) is 42.5 Å². The monoisotopic (exact) mass is 304 g/mol. The summed E-state index contributed by atoms with van der Waals surface area (Å²) in [5.41, 5.74) is 0.934. The van der Waals surface area contributed by atoms with Gasteiger partial charge >= 0.3 is 0 Å². The molecular formula is C16H13ClO4. The van der Waals surface area contributed by atoms with E-state index in [9.17, 15) is 15.0 Å². The van der Waals surface area contributed by atoms with E-state index in [0.29, 0.717) is 16.9 Å². The second-order valence-corrected chi connectivity index (χ2v) is 4.70. The molecule has 0 atom stereocenters. The molecule has 0 aliphatic heterocycles. The number of rotatable bonds is 4. The molecule has 0 spiro atoms. The van der Waals surface area contributed by atoms with Crippen LogP contribution in [0.2, 0.25) is 5.02 Å². The van der Waals surface area contributed by atoms with E-state index in [1.54, 1.807) is 12.1 Å². The summed E-state index contributed by atoms with van der Waals surface area (Å²) in [5.74, 6) is 0.0680. The maximum absolute atomic E-state index is 12.0. The highest BCUT2D eigenvalue weighted by molar-refractivity contribution is 6.32. The minimum Gasteiger partial charge on any atom is -0.508 e. The van der Waals surface area contributed by atoms with E-state index >= 15 is 0 Å². The number of hydrogen-bond donors (Lipinski definition) is 2. The standard InChI is InChI=1S/C16H13ClO4/c1-21-16-9-15(20)13(17)8-11(16)5-6-14(19)10-3-2-4-12(18)7-10/h2-9,18,20H,1H3/b6-5+. The second kappa shape index (κ2) is 6.33. The molecule has 0 aromatic heterocycles. The van der Waals surface area contributed by atoms with Crippen molar-refractivity contribution in [3.05, 3.63) is 58.6 Å². The Bertz CT molecular complexity index is 707. The minimum absolute atomic E-state index is 0.0273. The molecule has 0 fully saturated rings. The van der Waals surface area contributed by atoms with Crippen LogP contribution in [-0.4, -0.2) is 23.1 Å². The van der Waals surface area contributed by atoms with Crippen LogP contribution in [0, 0.1) is 0 Å². The Morgan fingerprint density at radius 1 is 1.24 bits per heavy atom. The third kappa shape index (κ3) is 3.55. The topological polar surface area (TPSA) is 66.8 Å². The summed E-state index contributed by atoms with van der Waals surface area (Å²) >= 11 is 5.84. The van der Waals surface area contributed by atoms with Gasteiger partial charge in [0, 0.05) is 17.2 Å². The number of phenols is 2. The predicted molar refractivity (Wildman–Crippen MR) is 81.1 cm³/mol. The van der Waals surface area contributed by atoms with Gasteiger partial charge in [0.1, 0.15) is 17.2 Å². The van der Waals surface area contributed by atoms with Crippen molar-refractivity contribution < 1.29 is 19.7 Å². The number of hydrogen-bond acceptors (Lipinski definition) is 4. The lowest BCUT2D eigenvalue weighted by atomic mass is 10.1. The quantitative estimate of drug-likeness (QED) is 0.668. The third-order valence-electron chi connectivity index (χ3n) is 2.84. The molecule has 0 aliphatic rings. The number of methoxy groups -OCH3 is 1. The van der Waals surface area contributed by atoms with Crippen molar-refractivity contribution in [2.75, 3.05) is 7.11 Å². The molecule has 0 bridgehead atoms. The van der Waals surface area contributed by atoms with E-state index in [1.165, 1.54) is 43.5 Å². The Morgan fingerprint density at radius 2 is 2.00 bits per heavy atom. The van der Waals surface area contributed by atoms with Gasteiger partial charge < -0.3 is 14.9 Å². The fourth-order valence-electron chi connectivity index (χ4n) is 1.79. The second-order valence-electron chi connectivity index (χ2n) is 4.29. The van der Waals surface area contributed by atoms with E-state index in [-0.39, 0.29) is 22.3 Å². The van der Waals surface area contributed by atoms with Crippen LogP contribution in [0.4, 0.5) is 0 Å². The van der Waals surface area contributed by atoms with E-state index in [2.05, 4.69) is 0 Å². The molecule has 0 unspecified atom stereocenters. The number of carbonyl (C=O) groups excluding carboxylic acids is 1. The average molecular weight is 305 g/mol. The third-order valence-corrected chi connectivity index (χ3v) is 3.15. The highest BCUT2D eigenvalue weighted by Crippen LogP contribution is 2.32. The summed E-state index contributed by atoms with van der Waals surface area (Å²) in [4.78, 5) is 12.0. The van der Waals surface area contributed by atoms with Crippen molar-refractivity contribution in [1.29, 1.82) is 0 Å². The van der Waals surface area contributed by atoms with Crippen LogP contribution in [0.5, 0.6) is 17.2 Å². The summed E-state index contributed by atoms with van der Waals surface area (Å²) < 4.78 is 5.12. The molecule has 4 nitrogen and oxygen atoms in total. The van der Waals surface area contributed by atoms with Crippen molar-refractivity contribution >= 4 is 23.5 Å². The summed E-state index contributed by atoms with van der Waals surface area (Å²) in [6.45, 7) is 0. The van der Waals surface area contributed by atoms with Crippen molar-refractivity contribution in [2.24, 2.45) is 0 Å². The molecule has 0 saturated carbocycles. The summed E-state index contributed by atoms with van der Waals surface area (Å²) in [7, 11) is 1.46. The first-order valence-corrected chi connectivity index (χ1v) is 6.47. The predicted octanol–water partition coefficient (Wildman–Crippen LogP) is 3.66. The van der Waals surface area contributed by atoms with Gasteiger partial charge in [0.15, 0.2) is 5.78 Å². The number of aromatic hydroxyl groups is 2. The Balaban J connectivity index is 2.29. The number of carbonyl (C=O) groups is 1. The molecule has 108 valence electrons. The highest BCUT2D eigenvalue weighted by atomic mass is 35.5. The Hall–Kier alpha value is -2.46. The molecule has 5 heteroatoms. The Morgan fingerprint density at radius 3 is 2.67 bits per heavy atom. The van der Waals surface area contributed by atoms with Gasteiger partial charge in [-0.1, -0.05) is 23.7 Å². The van der Waals surface area contributed by atoms with Gasteiger partial charge in [0.25, 0.3) is 0 Å². The van der Waals surface area contributed by atoms with E-state index in [1.807, 2.05) is 0 Å². The molecule has 2 aromatic carbocycles. The largest absolute Gasteiger partial charge is 0.508 e. The number of ether oxygens (including phenoxy) is 1. The highest BCUT2D eigenvalue weighted by Gasteiger charge is 2.08. The van der Waals surface area contributed by atoms with Crippen LogP contribution in [0.1, 0.15) is 15.9 Å². The fraction of sp³-hybridized carbons (Fsp3) is 0.0625. The smallest absolute Gasteiger partial charge is 0.185 e. The molecular weight excluding hydrogens is 292 g/mol. The summed E-state index contributed by atoms with van der Waals surface area (Å²) in [5, 5.41) is 19.0. The number of benzene rings is 2. The van der Waals surface area contributed by atoms with Crippen LogP contribution in [0.25, 0.3) is 6.08 Å². The number of ketones is 1. The SMILES string of the molecule is COc1cc(O)c(Cl)cc1/C=C/C(=O)c1cccc(O)c1. The molecule has 21 heavy (non-hydrogen) atoms. The molecule has 2 aromatic rings. The zero-order valence-electron chi connectivity index (χ0n) is 11.2.